The summed E-state index contributed by atoms with van der Waals surface area (Å²) in [5.41, 5.74) is 1.89. The Bertz CT molecular complexity index is 880. The topological polar surface area (TPSA) is 88.3 Å². The van der Waals surface area contributed by atoms with E-state index in [1.807, 2.05) is 25.1 Å². The van der Waals surface area contributed by atoms with Crippen LogP contribution in [0.5, 0.6) is 0 Å². The van der Waals surface area contributed by atoms with Crippen molar-refractivity contribution in [2.75, 3.05) is 0 Å². The van der Waals surface area contributed by atoms with E-state index in [1.165, 1.54) is 0 Å². The van der Waals surface area contributed by atoms with Crippen LogP contribution in [0.1, 0.15) is 34.6 Å². The van der Waals surface area contributed by atoms with Crippen LogP contribution in [0.15, 0.2) is 53.3 Å². The molecule has 0 bridgehead atoms. The fourth-order valence-electron chi connectivity index (χ4n) is 2.52. The Morgan fingerprint density at radius 3 is 2.88 bits per heavy atom. The molecule has 0 saturated heterocycles. The van der Waals surface area contributed by atoms with Crippen molar-refractivity contribution in [2.45, 2.75) is 19.5 Å². The summed E-state index contributed by atoms with van der Waals surface area (Å²) >= 11 is 5.98. The second-order valence-electron chi connectivity index (χ2n) is 5.55. The highest BCUT2D eigenvalue weighted by molar-refractivity contribution is 6.30. The molecule has 0 radical (unpaired) electrons. The van der Waals surface area contributed by atoms with Gasteiger partial charge in [-0.1, -0.05) is 28.9 Å². The Kier molecular flexibility index (Phi) is 5.11. The third kappa shape index (κ3) is 3.87. The predicted molar refractivity (Wildman–Crippen MR) is 93.4 cm³/mol. The van der Waals surface area contributed by atoms with E-state index in [-0.39, 0.29) is 23.1 Å². The number of nitrogens with zero attached hydrogens (tertiary/aromatic N) is 2. The van der Waals surface area contributed by atoms with E-state index in [1.54, 1.807) is 30.6 Å². The second-order valence-corrected chi connectivity index (χ2v) is 5.99. The highest BCUT2D eigenvalue weighted by Gasteiger charge is 2.27. The van der Waals surface area contributed by atoms with Gasteiger partial charge in [0.1, 0.15) is 11.3 Å². The Morgan fingerprint density at radius 1 is 1.36 bits per heavy atom. The first-order valence-corrected chi connectivity index (χ1v) is 8.05. The summed E-state index contributed by atoms with van der Waals surface area (Å²) in [7, 11) is 0. The first kappa shape index (κ1) is 17.1. The molecule has 0 aliphatic carbocycles. The fourth-order valence-corrected chi connectivity index (χ4v) is 2.73. The first-order chi connectivity index (χ1) is 12.1. The van der Waals surface area contributed by atoms with Gasteiger partial charge in [-0.15, -0.1) is 0 Å². The lowest BCUT2D eigenvalue weighted by Gasteiger charge is -2.12. The summed E-state index contributed by atoms with van der Waals surface area (Å²) in [6.45, 7) is 2.34. The molecule has 3 rings (SSSR count). The fraction of sp³-hybridized carbons (Fsp3) is 0.167. The summed E-state index contributed by atoms with van der Waals surface area (Å²) in [6, 6.07) is 10.6. The molecule has 7 heteroatoms. The maximum Gasteiger partial charge on any atom is 0.341 e. The lowest BCUT2D eigenvalue weighted by molar-refractivity contribution is 0.0694. The largest absolute Gasteiger partial charge is 0.477 e. The number of carboxylic acid groups (broad SMARTS) is 1. The van der Waals surface area contributed by atoms with Crippen LogP contribution < -0.4 is 5.32 Å². The molecular weight excluding hydrogens is 342 g/mol. The summed E-state index contributed by atoms with van der Waals surface area (Å²) in [5.74, 6) is -0.820. The van der Waals surface area contributed by atoms with Crippen LogP contribution in [-0.4, -0.2) is 21.2 Å². The molecule has 2 aromatic heterocycles. The van der Waals surface area contributed by atoms with Crippen molar-refractivity contribution in [3.05, 3.63) is 70.7 Å². The molecule has 0 amide bonds. The molecule has 0 unspecified atom stereocenters. The van der Waals surface area contributed by atoms with Crippen LogP contribution in [0.25, 0.3) is 11.3 Å². The molecule has 2 heterocycles. The number of nitrogens with one attached hydrogen (secondary N) is 1. The van der Waals surface area contributed by atoms with Crippen LogP contribution in [0, 0.1) is 0 Å². The normalized spacial score (nSPS) is 12.1. The number of halogens is 1. The van der Waals surface area contributed by atoms with Crippen LogP contribution in [0.4, 0.5) is 0 Å². The van der Waals surface area contributed by atoms with Crippen LogP contribution >= 0.6 is 11.6 Å². The zero-order chi connectivity index (χ0) is 17.8. The van der Waals surface area contributed by atoms with Gasteiger partial charge in [0.15, 0.2) is 5.76 Å². The molecule has 1 aromatic carbocycles. The van der Waals surface area contributed by atoms with Gasteiger partial charge >= 0.3 is 5.97 Å². The Hall–Kier alpha value is -2.70. The van der Waals surface area contributed by atoms with Crippen molar-refractivity contribution in [3.8, 4) is 11.3 Å². The van der Waals surface area contributed by atoms with Gasteiger partial charge in [0.05, 0.1) is 6.04 Å². The quantitative estimate of drug-likeness (QED) is 0.694. The number of pyridine rings is 1. The van der Waals surface area contributed by atoms with Gasteiger partial charge in [-0.05, 0) is 36.8 Å². The van der Waals surface area contributed by atoms with Gasteiger partial charge in [-0.3, -0.25) is 4.98 Å². The number of aromatic nitrogens is 2. The number of aromatic carboxylic acids is 1. The van der Waals surface area contributed by atoms with Crippen molar-refractivity contribution >= 4 is 17.6 Å². The SMILES string of the molecule is C[C@@H](NCc1cccc(Cl)c1)c1onc(-c2cccnc2)c1C(=O)O. The maximum atomic E-state index is 11.7. The third-order valence-corrected chi connectivity index (χ3v) is 4.00. The molecule has 25 heavy (non-hydrogen) atoms. The minimum atomic E-state index is -1.09. The van der Waals surface area contributed by atoms with Gasteiger partial charge in [0.2, 0.25) is 0 Å². The molecule has 0 spiro atoms. The molecule has 128 valence electrons. The van der Waals surface area contributed by atoms with E-state index in [0.29, 0.717) is 17.1 Å². The maximum absolute atomic E-state index is 11.7. The molecule has 0 aliphatic heterocycles. The molecule has 0 saturated carbocycles. The Morgan fingerprint density at radius 2 is 2.20 bits per heavy atom. The molecule has 1 atom stereocenters. The number of hydrogen-bond donors (Lipinski definition) is 2. The standard InChI is InChI=1S/C18H16ClN3O3/c1-11(21-9-12-4-2-6-14(19)8-12)17-15(18(23)24)16(22-25-17)13-5-3-7-20-10-13/h2-8,10-11,21H,9H2,1H3,(H,23,24)/t11-/m1/s1. The van der Waals surface area contributed by atoms with Crippen molar-refractivity contribution in [1.82, 2.24) is 15.5 Å². The molecule has 0 fully saturated rings. The number of rotatable bonds is 6. The lowest BCUT2D eigenvalue weighted by atomic mass is 10.0. The van der Waals surface area contributed by atoms with Crippen LogP contribution in [-0.2, 0) is 6.54 Å². The van der Waals surface area contributed by atoms with Gasteiger partial charge in [0, 0.05) is 29.5 Å². The van der Waals surface area contributed by atoms with Crippen molar-refractivity contribution in [2.24, 2.45) is 0 Å². The Labute approximate surface area is 149 Å². The molecule has 3 aromatic rings. The molecular formula is C18H16ClN3O3. The Balaban J connectivity index is 1.84. The average molecular weight is 358 g/mol. The van der Waals surface area contributed by atoms with E-state index < -0.39 is 5.97 Å². The van der Waals surface area contributed by atoms with Crippen molar-refractivity contribution in [3.63, 3.8) is 0 Å². The predicted octanol–water partition coefficient (Wildman–Crippen LogP) is 3.94. The first-order valence-electron chi connectivity index (χ1n) is 7.67. The van der Waals surface area contributed by atoms with Gasteiger partial charge in [-0.2, -0.15) is 0 Å². The van der Waals surface area contributed by atoms with Gasteiger partial charge in [-0.25, -0.2) is 4.79 Å². The smallest absolute Gasteiger partial charge is 0.341 e. The van der Waals surface area contributed by atoms with Gasteiger partial charge < -0.3 is 14.9 Å². The highest BCUT2D eigenvalue weighted by atomic mass is 35.5. The van der Waals surface area contributed by atoms with Crippen molar-refractivity contribution < 1.29 is 14.4 Å². The second kappa shape index (κ2) is 7.46. The minimum Gasteiger partial charge on any atom is -0.477 e. The minimum absolute atomic E-state index is 0.0408. The monoisotopic (exact) mass is 357 g/mol. The van der Waals surface area contributed by atoms with Gasteiger partial charge in [0.25, 0.3) is 0 Å². The van der Waals surface area contributed by atoms with Crippen LogP contribution in [0.2, 0.25) is 5.02 Å². The average Bonchev–Trinajstić information content (AvgIpc) is 3.06. The molecule has 6 nitrogen and oxygen atoms in total. The zero-order valence-corrected chi connectivity index (χ0v) is 14.2. The zero-order valence-electron chi connectivity index (χ0n) is 13.4. The number of hydrogen-bond acceptors (Lipinski definition) is 5. The number of carboxylic acids is 1. The lowest BCUT2D eigenvalue weighted by Crippen LogP contribution is -2.19. The summed E-state index contributed by atoms with van der Waals surface area (Å²) < 4.78 is 5.34. The number of benzene rings is 1. The third-order valence-electron chi connectivity index (χ3n) is 3.76. The van der Waals surface area contributed by atoms with E-state index in [0.717, 1.165) is 5.56 Å². The summed E-state index contributed by atoms with van der Waals surface area (Å²) in [4.78, 5) is 15.7. The molecule has 2 N–H and O–H groups in total. The summed E-state index contributed by atoms with van der Waals surface area (Å²) in [6.07, 6.45) is 3.16. The van der Waals surface area contributed by atoms with E-state index >= 15 is 0 Å². The van der Waals surface area contributed by atoms with E-state index in [4.69, 9.17) is 16.1 Å². The van der Waals surface area contributed by atoms with E-state index in [2.05, 4.69) is 15.5 Å². The van der Waals surface area contributed by atoms with Crippen LogP contribution in [0.3, 0.4) is 0 Å². The summed E-state index contributed by atoms with van der Waals surface area (Å²) in [5, 5.41) is 17.4. The van der Waals surface area contributed by atoms with Crippen molar-refractivity contribution in [1.29, 1.82) is 0 Å². The highest BCUT2D eigenvalue weighted by Crippen LogP contribution is 2.29. The molecule has 0 aliphatic rings. The number of carbonyl (C=O) groups is 1. The van der Waals surface area contributed by atoms with E-state index in [9.17, 15) is 9.90 Å².